The molecule has 1 aromatic carbocycles. The van der Waals surface area contributed by atoms with Crippen LogP contribution in [0.15, 0.2) is 24.3 Å². The average Bonchev–Trinajstić information content (AvgIpc) is 2.35. The molecule has 2 N–H and O–H groups in total. The molecule has 0 aliphatic carbocycles. The molecule has 106 valence electrons. The molecule has 0 spiro atoms. The van der Waals surface area contributed by atoms with Crippen molar-refractivity contribution in [3.63, 3.8) is 0 Å². The predicted octanol–water partition coefficient (Wildman–Crippen LogP) is 2.22. The van der Waals surface area contributed by atoms with Gasteiger partial charge in [0.2, 0.25) is 0 Å². The van der Waals surface area contributed by atoms with Crippen LogP contribution in [0.5, 0.6) is 5.75 Å². The molecule has 1 amide bonds. The Morgan fingerprint density at radius 1 is 1.42 bits per heavy atom. The van der Waals surface area contributed by atoms with Crippen molar-refractivity contribution in [1.29, 1.82) is 0 Å². The second-order valence-electron chi connectivity index (χ2n) is 5.70. The molecule has 0 aliphatic heterocycles. The van der Waals surface area contributed by atoms with E-state index in [4.69, 9.17) is 9.84 Å². The summed E-state index contributed by atoms with van der Waals surface area (Å²) in [6, 6.07) is 7.09. The second kappa shape index (κ2) is 6.57. The van der Waals surface area contributed by atoms with Gasteiger partial charge in [-0.25, -0.2) is 0 Å². The number of hydrogen-bond donors (Lipinski definition) is 2. The lowest BCUT2D eigenvalue weighted by Gasteiger charge is -2.21. The van der Waals surface area contributed by atoms with Gasteiger partial charge in [-0.15, -0.1) is 0 Å². The molecule has 19 heavy (non-hydrogen) atoms. The predicted molar refractivity (Wildman–Crippen MR) is 75.4 cm³/mol. The van der Waals surface area contributed by atoms with Crippen LogP contribution in [0.25, 0.3) is 0 Å². The Labute approximate surface area is 114 Å². The molecule has 1 aromatic rings. The number of nitrogens with one attached hydrogen (secondary N) is 1. The van der Waals surface area contributed by atoms with Gasteiger partial charge in [0.25, 0.3) is 5.91 Å². The SMILES string of the molecule is CC(C)Oc1cccc(C(=O)NCC(C)(C)CO)c1. The molecule has 1 rings (SSSR count). The lowest BCUT2D eigenvalue weighted by molar-refractivity contribution is 0.0910. The number of benzene rings is 1. The average molecular weight is 265 g/mol. The molecule has 4 nitrogen and oxygen atoms in total. The molecule has 0 aliphatic rings. The van der Waals surface area contributed by atoms with E-state index < -0.39 is 0 Å². The van der Waals surface area contributed by atoms with Crippen LogP contribution in [-0.4, -0.2) is 30.3 Å². The second-order valence-corrected chi connectivity index (χ2v) is 5.70. The molecular weight excluding hydrogens is 242 g/mol. The third-order valence-corrected chi connectivity index (χ3v) is 2.62. The summed E-state index contributed by atoms with van der Waals surface area (Å²) in [5, 5.41) is 12.0. The van der Waals surface area contributed by atoms with E-state index in [2.05, 4.69) is 5.32 Å². The normalized spacial score (nSPS) is 11.5. The fourth-order valence-electron chi connectivity index (χ4n) is 1.46. The molecule has 0 bridgehead atoms. The van der Waals surface area contributed by atoms with Gasteiger partial charge in [-0.05, 0) is 32.0 Å². The lowest BCUT2D eigenvalue weighted by Crippen LogP contribution is -2.36. The van der Waals surface area contributed by atoms with Crippen LogP contribution in [0.2, 0.25) is 0 Å². The van der Waals surface area contributed by atoms with E-state index in [-0.39, 0.29) is 24.0 Å². The van der Waals surface area contributed by atoms with E-state index in [0.717, 1.165) is 0 Å². The summed E-state index contributed by atoms with van der Waals surface area (Å²) in [5.74, 6) is 0.528. The summed E-state index contributed by atoms with van der Waals surface area (Å²) in [6.45, 7) is 8.13. The van der Waals surface area contributed by atoms with E-state index in [0.29, 0.717) is 17.9 Å². The highest BCUT2D eigenvalue weighted by molar-refractivity contribution is 5.94. The zero-order valence-electron chi connectivity index (χ0n) is 12.1. The zero-order chi connectivity index (χ0) is 14.5. The largest absolute Gasteiger partial charge is 0.491 e. The van der Waals surface area contributed by atoms with E-state index in [1.54, 1.807) is 18.2 Å². The van der Waals surface area contributed by atoms with Crippen LogP contribution in [0.4, 0.5) is 0 Å². The minimum atomic E-state index is -0.318. The Bertz CT molecular complexity index is 427. The topological polar surface area (TPSA) is 58.6 Å². The highest BCUT2D eigenvalue weighted by atomic mass is 16.5. The van der Waals surface area contributed by atoms with Crippen molar-refractivity contribution in [2.24, 2.45) is 5.41 Å². The molecule has 0 atom stereocenters. The highest BCUT2D eigenvalue weighted by Crippen LogP contribution is 2.16. The summed E-state index contributed by atoms with van der Waals surface area (Å²) < 4.78 is 5.55. The molecule has 0 saturated carbocycles. The van der Waals surface area contributed by atoms with Crippen LogP contribution in [0.3, 0.4) is 0 Å². The fourth-order valence-corrected chi connectivity index (χ4v) is 1.46. The quantitative estimate of drug-likeness (QED) is 0.829. The summed E-state index contributed by atoms with van der Waals surface area (Å²) in [5.41, 5.74) is 0.244. The van der Waals surface area contributed by atoms with Gasteiger partial charge in [0.05, 0.1) is 6.10 Å². The zero-order valence-corrected chi connectivity index (χ0v) is 12.1. The van der Waals surface area contributed by atoms with Crippen LogP contribution < -0.4 is 10.1 Å². The summed E-state index contributed by atoms with van der Waals surface area (Å²) >= 11 is 0. The Hall–Kier alpha value is -1.55. The fraction of sp³-hybridized carbons (Fsp3) is 0.533. The van der Waals surface area contributed by atoms with E-state index in [9.17, 15) is 4.79 Å². The number of hydrogen-bond acceptors (Lipinski definition) is 3. The first kappa shape index (κ1) is 15.5. The molecule has 0 unspecified atom stereocenters. The summed E-state index contributed by atoms with van der Waals surface area (Å²) in [4.78, 5) is 12.0. The maximum Gasteiger partial charge on any atom is 0.251 e. The van der Waals surface area contributed by atoms with E-state index in [1.807, 2.05) is 33.8 Å². The Morgan fingerprint density at radius 3 is 2.68 bits per heavy atom. The van der Waals surface area contributed by atoms with Gasteiger partial charge >= 0.3 is 0 Å². The van der Waals surface area contributed by atoms with Crippen molar-refractivity contribution >= 4 is 5.91 Å². The van der Waals surface area contributed by atoms with E-state index >= 15 is 0 Å². The first-order valence-corrected chi connectivity index (χ1v) is 6.50. The molecule has 0 heterocycles. The van der Waals surface area contributed by atoms with Crippen molar-refractivity contribution in [2.75, 3.05) is 13.2 Å². The molecule has 0 aromatic heterocycles. The monoisotopic (exact) mass is 265 g/mol. The third-order valence-electron chi connectivity index (χ3n) is 2.62. The Balaban J connectivity index is 2.67. The molecule has 0 fully saturated rings. The Morgan fingerprint density at radius 2 is 2.11 bits per heavy atom. The van der Waals surface area contributed by atoms with Crippen molar-refractivity contribution in [3.8, 4) is 5.75 Å². The first-order valence-electron chi connectivity index (χ1n) is 6.50. The van der Waals surface area contributed by atoms with Crippen molar-refractivity contribution in [3.05, 3.63) is 29.8 Å². The number of rotatable bonds is 6. The maximum atomic E-state index is 12.0. The van der Waals surface area contributed by atoms with E-state index in [1.165, 1.54) is 0 Å². The van der Waals surface area contributed by atoms with Crippen LogP contribution in [0, 0.1) is 5.41 Å². The minimum absolute atomic E-state index is 0.0315. The first-order chi connectivity index (χ1) is 8.84. The van der Waals surface area contributed by atoms with Gasteiger partial charge in [-0.3, -0.25) is 4.79 Å². The number of carbonyl (C=O) groups excluding carboxylic acids is 1. The van der Waals surface area contributed by atoms with Gasteiger partial charge in [-0.1, -0.05) is 19.9 Å². The lowest BCUT2D eigenvalue weighted by atomic mass is 9.95. The number of amides is 1. The molecule has 4 heteroatoms. The van der Waals surface area contributed by atoms with Crippen molar-refractivity contribution < 1.29 is 14.6 Å². The standard InChI is InChI=1S/C15H23NO3/c1-11(2)19-13-7-5-6-12(8-13)14(18)16-9-15(3,4)10-17/h5-8,11,17H,9-10H2,1-4H3,(H,16,18). The third kappa shape index (κ3) is 5.30. The van der Waals surface area contributed by atoms with Gasteiger partial charge in [-0.2, -0.15) is 0 Å². The minimum Gasteiger partial charge on any atom is -0.491 e. The number of aliphatic hydroxyl groups is 1. The highest BCUT2D eigenvalue weighted by Gasteiger charge is 2.18. The number of ether oxygens (including phenoxy) is 1. The van der Waals surface area contributed by atoms with Crippen molar-refractivity contribution in [1.82, 2.24) is 5.32 Å². The molecule has 0 radical (unpaired) electrons. The number of carbonyl (C=O) groups is 1. The summed E-state index contributed by atoms with van der Waals surface area (Å²) in [7, 11) is 0. The van der Waals surface area contributed by atoms with Crippen LogP contribution in [0.1, 0.15) is 38.1 Å². The molecule has 0 saturated heterocycles. The smallest absolute Gasteiger partial charge is 0.251 e. The van der Waals surface area contributed by atoms with Crippen LogP contribution >= 0.6 is 0 Å². The van der Waals surface area contributed by atoms with Gasteiger partial charge in [0.15, 0.2) is 0 Å². The van der Waals surface area contributed by atoms with Crippen LogP contribution in [-0.2, 0) is 0 Å². The Kier molecular flexibility index (Phi) is 5.36. The van der Waals surface area contributed by atoms with Gasteiger partial charge in [0, 0.05) is 24.1 Å². The maximum absolute atomic E-state index is 12.0. The van der Waals surface area contributed by atoms with Gasteiger partial charge in [0.1, 0.15) is 5.75 Å². The molecular formula is C15H23NO3. The summed E-state index contributed by atoms with van der Waals surface area (Å²) in [6.07, 6.45) is 0.0756. The van der Waals surface area contributed by atoms with Crippen molar-refractivity contribution in [2.45, 2.75) is 33.8 Å². The van der Waals surface area contributed by atoms with Gasteiger partial charge < -0.3 is 15.2 Å². The number of aliphatic hydroxyl groups excluding tert-OH is 1.